The topological polar surface area (TPSA) is 169 Å². The minimum absolute atomic E-state index is 0.0107. The van der Waals surface area contributed by atoms with Gasteiger partial charge in [-0.05, 0) is 42.0 Å². The molecule has 3 heterocycles. The zero-order valence-corrected chi connectivity index (χ0v) is 20.7. The van der Waals surface area contributed by atoms with Gasteiger partial charge < -0.3 is 50.0 Å². The van der Waals surface area contributed by atoms with Crippen LogP contribution in [0.3, 0.4) is 0 Å². The van der Waals surface area contributed by atoms with E-state index in [-0.39, 0.29) is 63.5 Å². The molecule has 10 nitrogen and oxygen atoms in total. The number of aromatic hydroxyl groups is 5. The van der Waals surface area contributed by atoms with Crippen molar-refractivity contribution in [2.45, 2.75) is 36.4 Å². The molecule has 3 aliphatic rings. The van der Waals surface area contributed by atoms with Gasteiger partial charge in [0.25, 0.3) is 0 Å². The molecular formula is C30H24O10. The molecule has 0 fully saturated rings. The standard InChI is InChI=1S/C30H24O10/c31-15-5-1-13(2-6-15)28-20(35)11-18-21(38-28)12-23-25(27(18)36)26-24-19(34)9-17(33)10-22(24)39-30(40-23,29(26)37)14-3-7-16(32)8-4-14/h1-10,12,20,26,28-29,31-37H,11H2/t20-,26+,28-,29+,30-/m0/s1. The second-order valence-electron chi connectivity index (χ2n) is 10.2. The van der Waals surface area contributed by atoms with Crippen LogP contribution in [-0.4, -0.2) is 48.0 Å². The van der Waals surface area contributed by atoms with E-state index in [2.05, 4.69) is 0 Å². The van der Waals surface area contributed by atoms with Gasteiger partial charge in [-0.25, -0.2) is 0 Å². The third-order valence-electron chi connectivity index (χ3n) is 7.83. The van der Waals surface area contributed by atoms with Gasteiger partial charge in [-0.3, -0.25) is 0 Å². The van der Waals surface area contributed by atoms with Crippen molar-refractivity contribution in [3.8, 4) is 46.0 Å². The Labute approximate surface area is 227 Å². The molecule has 0 unspecified atom stereocenters. The summed E-state index contributed by atoms with van der Waals surface area (Å²) >= 11 is 0. The van der Waals surface area contributed by atoms with E-state index in [0.717, 1.165) is 6.07 Å². The highest BCUT2D eigenvalue weighted by molar-refractivity contribution is 5.67. The number of benzene rings is 4. The van der Waals surface area contributed by atoms with Crippen LogP contribution < -0.4 is 14.2 Å². The molecule has 5 atom stereocenters. The number of aliphatic hydroxyl groups is 2. The van der Waals surface area contributed by atoms with Crippen LogP contribution in [0.25, 0.3) is 0 Å². The highest BCUT2D eigenvalue weighted by Crippen LogP contribution is 2.61. The molecule has 0 amide bonds. The molecule has 0 saturated carbocycles. The number of hydrogen-bond donors (Lipinski definition) is 7. The van der Waals surface area contributed by atoms with Crippen LogP contribution in [0.1, 0.15) is 39.8 Å². The molecule has 4 aromatic carbocycles. The molecule has 0 aromatic heterocycles. The first-order valence-corrected chi connectivity index (χ1v) is 12.6. The summed E-state index contributed by atoms with van der Waals surface area (Å²) in [5, 5.41) is 74.8. The fourth-order valence-electron chi connectivity index (χ4n) is 5.98. The van der Waals surface area contributed by atoms with Crippen LogP contribution in [0.2, 0.25) is 0 Å². The molecule has 40 heavy (non-hydrogen) atoms. The highest BCUT2D eigenvalue weighted by Gasteiger charge is 2.59. The van der Waals surface area contributed by atoms with Gasteiger partial charge in [0.05, 0.1) is 12.0 Å². The van der Waals surface area contributed by atoms with Crippen molar-refractivity contribution in [2.75, 3.05) is 0 Å². The van der Waals surface area contributed by atoms with Gasteiger partial charge in [0.15, 0.2) is 0 Å². The van der Waals surface area contributed by atoms with Gasteiger partial charge in [-0.1, -0.05) is 12.1 Å². The van der Waals surface area contributed by atoms with Gasteiger partial charge in [-0.15, -0.1) is 0 Å². The lowest BCUT2D eigenvalue weighted by Gasteiger charge is -2.50. The molecule has 7 rings (SSSR count). The van der Waals surface area contributed by atoms with E-state index < -0.39 is 30.0 Å². The average molecular weight is 545 g/mol. The molecule has 7 N–H and O–H groups in total. The van der Waals surface area contributed by atoms with Crippen molar-refractivity contribution in [1.29, 1.82) is 0 Å². The van der Waals surface area contributed by atoms with Crippen molar-refractivity contribution in [3.63, 3.8) is 0 Å². The van der Waals surface area contributed by atoms with E-state index in [4.69, 9.17) is 14.2 Å². The number of aliphatic hydroxyl groups excluding tert-OH is 2. The third kappa shape index (κ3) is 3.36. The van der Waals surface area contributed by atoms with Crippen LogP contribution in [0.5, 0.6) is 46.0 Å². The third-order valence-corrected chi connectivity index (χ3v) is 7.83. The number of hydrogen-bond acceptors (Lipinski definition) is 10. The minimum Gasteiger partial charge on any atom is -0.508 e. The molecule has 0 saturated heterocycles. The smallest absolute Gasteiger partial charge is 0.305 e. The maximum Gasteiger partial charge on any atom is 0.305 e. The monoisotopic (exact) mass is 544 g/mol. The quantitative estimate of drug-likeness (QED) is 0.199. The Hall–Kier alpha value is -4.80. The Balaban J connectivity index is 1.43. The zero-order valence-electron chi connectivity index (χ0n) is 20.7. The Morgan fingerprint density at radius 2 is 1.30 bits per heavy atom. The fraction of sp³-hybridized carbons (Fsp3) is 0.200. The average Bonchev–Trinajstić information content (AvgIpc) is 2.90. The number of fused-ring (bicyclic) bond motifs is 7. The summed E-state index contributed by atoms with van der Waals surface area (Å²) in [6, 6.07) is 16.0. The van der Waals surface area contributed by atoms with Crippen molar-refractivity contribution >= 4 is 0 Å². The number of phenolic OH excluding ortho intramolecular Hbond substituents is 5. The SMILES string of the molecule is Oc1ccc([C@@H]2Oc3cc4c(c(O)c3C[C@@H]2O)[C@H]2c3c(O)cc(O)cc3O[C@@](c3ccc(O)cc3)(O4)[C@@H]2O)cc1. The van der Waals surface area contributed by atoms with Crippen LogP contribution >= 0.6 is 0 Å². The lowest BCUT2D eigenvalue weighted by atomic mass is 9.74. The van der Waals surface area contributed by atoms with Crippen LogP contribution in [0, 0.1) is 0 Å². The van der Waals surface area contributed by atoms with E-state index in [1.165, 1.54) is 42.5 Å². The first kappa shape index (κ1) is 24.3. The van der Waals surface area contributed by atoms with Gasteiger partial charge >= 0.3 is 5.79 Å². The molecule has 0 aliphatic carbocycles. The fourth-order valence-corrected chi connectivity index (χ4v) is 5.98. The molecule has 10 heteroatoms. The van der Waals surface area contributed by atoms with E-state index in [1.54, 1.807) is 18.2 Å². The molecule has 3 aliphatic heterocycles. The predicted molar refractivity (Wildman–Crippen MR) is 138 cm³/mol. The van der Waals surface area contributed by atoms with Gasteiger partial charge in [0, 0.05) is 46.9 Å². The van der Waals surface area contributed by atoms with Crippen molar-refractivity contribution < 1.29 is 50.0 Å². The summed E-state index contributed by atoms with van der Waals surface area (Å²) in [6.45, 7) is 0. The predicted octanol–water partition coefficient (Wildman–Crippen LogP) is 3.38. The Morgan fingerprint density at radius 3 is 1.98 bits per heavy atom. The van der Waals surface area contributed by atoms with E-state index in [9.17, 15) is 35.7 Å². The molecule has 0 radical (unpaired) electrons. The molecule has 2 bridgehead atoms. The largest absolute Gasteiger partial charge is 0.508 e. The molecule has 4 aromatic rings. The Morgan fingerprint density at radius 1 is 0.675 bits per heavy atom. The Kier molecular flexibility index (Phi) is 5.06. The molecule has 0 spiro atoms. The maximum atomic E-state index is 11.7. The highest BCUT2D eigenvalue weighted by atomic mass is 16.7. The van der Waals surface area contributed by atoms with E-state index in [1.807, 2.05) is 0 Å². The summed E-state index contributed by atoms with van der Waals surface area (Å²) in [7, 11) is 0. The lowest BCUT2D eigenvalue weighted by molar-refractivity contribution is -0.218. The van der Waals surface area contributed by atoms with E-state index in [0.29, 0.717) is 16.7 Å². The molecular weight excluding hydrogens is 520 g/mol. The first-order chi connectivity index (χ1) is 19.2. The summed E-state index contributed by atoms with van der Waals surface area (Å²) in [4.78, 5) is 0. The van der Waals surface area contributed by atoms with Crippen LogP contribution in [-0.2, 0) is 12.2 Å². The first-order valence-electron chi connectivity index (χ1n) is 12.6. The summed E-state index contributed by atoms with van der Waals surface area (Å²) in [5.41, 5.74) is 1.53. The number of ether oxygens (including phenoxy) is 3. The van der Waals surface area contributed by atoms with Gasteiger partial charge in [0.2, 0.25) is 0 Å². The minimum atomic E-state index is -1.89. The van der Waals surface area contributed by atoms with Crippen LogP contribution in [0.4, 0.5) is 0 Å². The Bertz CT molecular complexity index is 1650. The van der Waals surface area contributed by atoms with Gasteiger partial charge in [0.1, 0.15) is 58.2 Å². The number of phenols is 5. The van der Waals surface area contributed by atoms with Crippen LogP contribution in [0.15, 0.2) is 66.7 Å². The molecule has 204 valence electrons. The zero-order chi connectivity index (χ0) is 27.9. The van der Waals surface area contributed by atoms with Crippen molar-refractivity contribution in [1.82, 2.24) is 0 Å². The second kappa shape index (κ2) is 8.35. The van der Waals surface area contributed by atoms with Crippen molar-refractivity contribution in [3.05, 3.63) is 94.5 Å². The summed E-state index contributed by atoms with van der Waals surface area (Å²) < 4.78 is 18.7. The lowest BCUT2D eigenvalue weighted by Crippen LogP contribution is -2.57. The normalized spacial score (nSPS) is 25.9. The summed E-state index contributed by atoms with van der Waals surface area (Å²) in [6.07, 6.45) is -3.32. The maximum absolute atomic E-state index is 11.7. The van der Waals surface area contributed by atoms with E-state index >= 15 is 0 Å². The van der Waals surface area contributed by atoms with Gasteiger partial charge in [-0.2, -0.15) is 0 Å². The number of rotatable bonds is 2. The summed E-state index contributed by atoms with van der Waals surface area (Å²) in [5.74, 6) is -3.44. The second-order valence-corrected chi connectivity index (χ2v) is 10.2. The van der Waals surface area contributed by atoms with Crippen molar-refractivity contribution in [2.24, 2.45) is 0 Å².